The smallest absolute Gasteiger partial charge is 0.188 e. The Balaban J connectivity index is 1.83. The van der Waals surface area contributed by atoms with E-state index in [0.717, 1.165) is 18.9 Å². The topological polar surface area (TPSA) is 50.4 Å². The standard InChI is InChI=1S/C13H25N3/c1-3-10(2)16-12(14)15-9-13-6-4-11(8-13)5-7-13/h10-11H,3-9H2,1-2H3,(H3,14,15,16). The third-order valence-electron chi connectivity index (χ3n) is 4.48. The van der Waals surface area contributed by atoms with Crippen molar-refractivity contribution in [2.75, 3.05) is 6.54 Å². The van der Waals surface area contributed by atoms with E-state index in [1.54, 1.807) is 0 Å². The maximum atomic E-state index is 5.89. The Hall–Kier alpha value is -0.730. The van der Waals surface area contributed by atoms with Crippen LogP contribution in [0.5, 0.6) is 0 Å². The van der Waals surface area contributed by atoms with Crippen molar-refractivity contribution in [1.82, 2.24) is 5.32 Å². The van der Waals surface area contributed by atoms with E-state index in [1.807, 2.05) is 0 Å². The van der Waals surface area contributed by atoms with Crippen LogP contribution >= 0.6 is 0 Å². The van der Waals surface area contributed by atoms with Crippen LogP contribution in [0.1, 0.15) is 52.4 Å². The Morgan fingerprint density at radius 1 is 1.50 bits per heavy atom. The van der Waals surface area contributed by atoms with Crippen molar-refractivity contribution < 1.29 is 0 Å². The molecule has 0 radical (unpaired) electrons. The lowest BCUT2D eigenvalue weighted by molar-refractivity contribution is 0.307. The van der Waals surface area contributed by atoms with Gasteiger partial charge in [0.05, 0.1) is 0 Å². The molecule has 0 saturated heterocycles. The molecule has 0 amide bonds. The second-order valence-electron chi connectivity index (χ2n) is 5.80. The zero-order valence-corrected chi connectivity index (χ0v) is 10.6. The molecule has 0 heterocycles. The fourth-order valence-electron chi connectivity index (χ4n) is 3.19. The van der Waals surface area contributed by atoms with Crippen LogP contribution in [0.15, 0.2) is 4.99 Å². The molecule has 0 aromatic rings. The summed E-state index contributed by atoms with van der Waals surface area (Å²) in [5, 5.41) is 3.24. The molecule has 3 N–H and O–H groups in total. The van der Waals surface area contributed by atoms with Crippen LogP contribution in [0, 0.1) is 11.3 Å². The zero-order chi connectivity index (χ0) is 11.6. The molecule has 92 valence electrons. The largest absolute Gasteiger partial charge is 0.370 e. The first-order valence-corrected chi connectivity index (χ1v) is 6.70. The number of nitrogens with one attached hydrogen (secondary N) is 1. The van der Waals surface area contributed by atoms with Crippen molar-refractivity contribution in [2.45, 2.75) is 58.4 Å². The van der Waals surface area contributed by atoms with Gasteiger partial charge in [-0.1, -0.05) is 6.92 Å². The van der Waals surface area contributed by atoms with Gasteiger partial charge in [-0.05, 0) is 56.8 Å². The van der Waals surface area contributed by atoms with Crippen molar-refractivity contribution in [2.24, 2.45) is 22.1 Å². The van der Waals surface area contributed by atoms with Crippen LogP contribution < -0.4 is 11.1 Å². The minimum atomic E-state index is 0.432. The Bertz CT molecular complexity index is 264. The summed E-state index contributed by atoms with van der Waals surface area (Å²) in [7, 11) is 0. The number of nitrogens with zero attached hydrogens (tertiary/aromatic N) is 1. The van der Waals surface area contributed by atoms with Gasteiger partial charge in [0, 0.05) is 12.6 Å². The van der Waals surface area contributed by atoms with Crippen LogP contribution in [0.4, 0.5) is 0 Å². The maximum absolute atomic E-state index is 5.89. The van der Waals surface area contributed by atoms with Gasteiger partial charge in [-0.15, -0.1) is 0 Å². The average Bonchev–Trinajstić information content (AvgIpc) is 2.87. The van der Waals surface area contributed by atoms with Gasteiger partial charge < -0.3 is 11.1 Å². The number of rotatable bonds is 4. The molecule has 2 saturated carbocycles. The molecule has 2 bridgehead atoms. The van der Waals surface area contributed by atoms with E-state index < -0.39 is 0 Å². The van der Waals surface area contributed by atoms with Crippen molar-refractivity contribution in [3.63, 3.8) is 0 Å². The molecule has 2 rings (SSSR count). The summed E-state index contributed by atoms with van der Waals surface area (Å²) in [6.07, 6.45) is 8.08. The summed E-state index contributed by atoms with van der Waals surface area (Å²) in [6.45, 7) is 5.24. The van der Waals surface area contributed by atoms with E-state index in [4.69, 9.17) is 5.73 Å². The first-order valence-electron chi connectivity index (χ1n) is 6.70. The molecule has 2 aliphatic carbocycles. The molecule has 3 heteroatoms. The Labute approximate surface area is 98.9 Å². The van der Waals surface area contributed by atoms with E-state index >= 15 is 0 Å². The van der Waals surface area contributed by atoms with E-state index in [2.05, 4.69) is 24.2 Å². The number of hydrogen-bond donors (Lipinski definition) is 2. The van der Waals surface area contributed by atoms with Crippen molar-refractivity contribution in [3.8, 4) is 0 Å². The number of fused-ring (bicyclic) bond motifs is 2. The lowest BCUT2D eigenvalue weighted by atomic mass is 9.84. The summed E-state index contributed by atoms with van der Waals surface area (Å²) >= 11 is 0. The Morgan fingerprint density at radius 3 is 2.69 bits per heavy atom. The monoisotopic (exact) mass is 223 g/mol. The summed E-state index contributed by atoms with van der Waals surface area (Å²) in [5.41, 5.74) is 6.41. The summed E-state index contributed by atoms with van der Waals surface area (Å²) in [5.74, 6) is 1.64. The van der Waals surface area contributed by atoms with Crippen LogP contribution in [0.3, 0.4) is 0 Å². The predicted molar refractivity (Wildman–Crippen MR) is 68.4 cm³/mol. The summed E-state index contributed by atoms with van der Waals surface area (Å²) in [4.78, 5) is 4.55. The Morgan fingerprint density at radius 2 is 2.19 bits per heavy atom. The Kier molecular flexibility index (Phi) is 3.41. The molecule has 0 aromatic heterocycles. The molecule has 0 spiro atoms. The molecule has 0 aromatic carbocycles. The number of nitrogens with two attached hydrogens (primary N) is 1. The SMILES string of the molecule is CCC(C)NC(N)=NCC12CCC(CC1)C2. The van der Waals surface area contributed by atoms with Crippen molar-refractivity contribution >= 4 is 5.96 Å². The van der Waals surface area contributed by atoms with Gasteiger partial charge in [0.15, 0.2) is 5.96 Å². The highest BCUT2D eigenvalue weighted by atomic mass is 15.1. The number of aliphatic imine (C=N–C) groups is 1. The van der Waals surface area contributed by atoms with Gasteiger partial charge in [0.25, 0.3) is 0 Å². The quantitative estimate of drug-likeness (QED) is 0.567. The molecular formula is C13H25N3. The van der Waals surface area contributed by atoms with Crippen LogP contribution in [0.25, 0.3) is 0 Å². The maximum Gasteiger partial charge on any atom is 0.188 e. The fraction of sp³-hybridized carbons (Fsp3) is 0.923. The van der Waals surface area contributed by atoms with Gasteiger partial charge in [0.1, 0.15) is 0 Å². The number of hydrogen-bond acceptors (Lipinski definition) is 1. The lowest BCUT2D eigenvalue weighted by Gasteiger charge is -2.24. The minimum Gasteiger partial charge on any atom is -0.370 e. The van der Waals surface area contributed by atoms with Gasteiger partial charge in [0.2, 0.25) is 0 Å². The summed E-state index contributed by atoms with van der Waals surface area (Å²) in [6, 6.07) is 0.432. The molecule has 0 aliphatic heterocycles. The second kappa shape index (κ2) is 4.64. The van der Waals surface area contributed by atoms with Crippen molar-refractivity contribution in [3.05, 3.63) is 0 Å². The molecule has 2 aliphatic rings. The second-order valence-corrected chi connectivity index (χ2v) is 5.80. The average molecular weight is 223 g/mol. The normalized spacial score (nSPS) is 35.4. The third-order valence-corrected chi connectivity index (χ3v) is 4.48. The van der Waals surface area contributed by atoms with E-state index in [9.17, 15) is 0 Å². The minimum absolute atomic E-state index is 0.432. The van der Waals surface area contributed by atoms with Crippen LogP contribution in [-0.4, -0.2) is 18.5 Å². The van der Waals surface area contributed by atoms with E-state index in [1.165, 1.54) is 32.1 Å². The summed E-state index contributed by atoms with van der Waals surface area (Å²) < 4.78 is 0. The van der Waals surface area contributed by atoms with Gasteiger partial charge >= 0.3 is 0 Å². The zero-order valence-electron chi connectivity index (χ0n) is 10.6. The molecule has 3 nitrogen and oxygen atoms in total. The highest BCUT2D eigenvalue weighted by Gasteiger charge is 2.44. The van der Waals surface area contributed by atoms with E-state index in [-0.39, 0.29) is 0 Å². The van der Waals surface area contributed by atoms with Crippen LogP contribution in [0.2, 0.25) is 0 Å². The molecule has 16 heavy (non-hydrogen) atoms. The van der Waals surface area contributed by atoms with Gasteiger partial charge in [-0.3, -0.25) is 4.99 Å². The first-order chi connectivity index (χ1) is 7.63. The molecule has 2 fully saturated rings. The van der Waals surface area contributed by atoms with E-state index in [0.29, 0.717) is 17.4 Å². The lowest BCUT2D eigenvalue weighted by Crippen LogP contribution is -2.38. The fourth-order valence-corrected chi connectivity index (χ4v) is 3.19. The molecular weight excluding hydrogens is 198 g/mol. The number of guanidine groups is 1. The first kappa shape index (κ1) is 11.7. The van der Waals surface area contributed by atoms with Gasteiger partial charge in [-0.25, -0.2) is 0 Å². The highest BCUT2D eigenvalue weighted by molar-refractivity contribution is 5.78. The van der Waals surface area contributed by atoms with Crippen molar-refractivity contribution in [1.29, 1.82) is 0 Å². The highest BCUT2D eigenvalue weighted by Crippen LogP contribution is 2.54. The van der Waals surface area contributed by atoms with Crippen LogP contribution in [-0.2, 0) is 0 Å². The van der Waals surface area contributed by atoms with Gasteiger partial charge in [-0.2, -0.15) is 0 Å². The predicted octanol–water partition coefficient (Wildman–Crippen LogP) is 2.27. The third kappa shape index (κ3) is 2.50. The molecule has 1 atom stereocenters. The molecule has 1 unspecified atom stereocenters.